The largest absolute Gasteiger partial charge is 0.153 e. The van der Waals surface area contributed by atoms with Crippen LogP contribution in [0.2, 0.25) is 0 Å². The van der Waals surface area contributed by atoms with E-state index in [-0.39, 0.29) is 24.8 Å². The Balaban J connectivity index is -0.00000000167. The molecule has 0 bridgehead atoms. The van der Waals surface area contributed by atoms with Gasteiger partial charge in [-0.05, 0) is 0 Å². The Bertz CT molecular complexity index is 4.85. The molecule has 0 aliphatic rings. The highest BCUT2D eigenvalue weighted by Crippen LogP contribution is 1.86. The van der Waals surface area contributed by atoms with Gasteiger partial charge in [0.1, 0.15) is 0 Å². The highest BCUT2D eigenvalue weighted by molar-refractivity contribution is 7.92. The van der Waals surface area contributed by atoms with E-state index in [0.29, 0.717) is 0 Å². The summed E-state index contributed by atoms with van der Waals surface area (Å²) in [6, 6.07) is 0. The summed E-state index contributed by atoms with van der Waals surface area (Å²) < 4.78 is 0. The van der Waals surface area contributed by atoms with E-state index in [1.54, 1.807) is 0 Å². The summed E-state index contributed by atoms with van der Waals surface area (Å²) >= 11 is 0. The molecule has 3 atom stereocenters. The van der Waals surface area contributed by atoms with Gasteiger partial charge in [-0.25, -0.2) is 0 Å². The second kappa shape index (κ2) is 58.5. The number of hydrogen-bond donors (Lipinski definition) is 0. The molecule has 0 nitrogen and oxygen atoms in total. The van der Waals surface area contributed by atoms with Gasteiger partial charge in [-0.15, -0.1) is 17.9 Å². The highest BCUT2D eigenvalue weighted by atomic mass is 32.0. The molecule has 0 rings (SSSR count). The first-order chi connectivity index (χ1) is 1.00. The molecule has 0 saturated carbocycles. The maximum absolute atomic E-state index is 2.33. The predicted molar refractivity (Wildman–Crippen MR) is 44.0 cm³/mol. The van der Waals surface area contributed by atoms with Crippen molar-refractivity contribution in [2.45, 2.75) is 14.9 Å². The summed E-state index contributed by atoms with van der Waals surface area (Å²) in [6.45, 7) is 0. The Labute approximate surface area is 43.4 Å². The maximum atomic E-state index is 2.33. The third-order valence-electron chi connectivity index (χ3n) is 0. The van der Waals surface area contributed by atoms with Gasteiger partial charge in [-0.3, -0.25) is 0 Å². The summed E-state index contributed by atoms with van der Waals surface area (Å²) in [7, 11) is 4.67. The third kappa shape index (κ3) is 34.4. The first-order valence-corrected chi connectivity index (χ1v) is 3.00. The van der Waals surface area contributed by atoms with Gasteiger partial charge in [-0.2, -0.15) is 9.90 Å². The lowest BCUT2D eigenvalue weighted by molar-refractivity contribution is 2.50. The maximum Gasteiger partial charge on any atom is -0.0776 e. The lowest BCUT2D eigenvalue weighted by Crippen LogP contribution is -0.139. The van der Waals surface area contributed by atoms with E-state index in [1.165, 1.54) is 0 Å². The fraction of sp³-hybridized carbons (Fsp3) is 1.00. The monoisotopic (exact) mass is 132 g/mol. The standard InChI is InChI=1S/2CH4.H4P2.H3P/c;;1-2;/h2*1H4;1-2H2;1H3. The van der Waals surface area contributed by atoms with Crippen LogP contribution >= 0.6 is 27.8 Å². The van der Waals surface area contributed by atoms with Crippen molar-refractivity contribution < 1.29 is 0 Å². The van der Waals surface area contributed by atoms with E-state index < -0.39 is 0 Å². The highest BCUT2D eigenvalue weighted by Gasteiger charge is 0.882. The Morgan fingerprint density at radius 1 is 0.800 bits per heavy atom. The molecule has 5 heavy (non-hydrogen) atoms. The molecule has 0 fully saturated rings. The molecular weight excluding hydrogens is 117 g/mol. The van der Waals surface area contributed by atoms with Crippen molar-refractivity contribution in [1.29, 1.82) is 0 Å². The second-order valence-electron chi connectivity index (χ2n) is 0. The third-order valence-corrected chi connectivity index (χ3v) is 0. The van der Waals surface area contributed by atoms with Gasteiger partial charge in [0.05, 0.1) is 0 Å². The quantitative estimate of drug-likeness (QED) is 0.442. The van der Waals surface area contributed by atoms with E-state index in [0.717, 1.165) is 0 Å². The molecule has 0 aromatic rings. The molecule has 3 unspecified atom stereocenters. The Hall–Kier alpha value is 1.29. The van der Waals surface area contributed by atoms with Crippen LogP contribution in [-0.2, 0) is 0 Å². The Morgan fingerprint density at radius 2 is 0.800 bits per heavy atom. The minimum atomic E-state index is 0. The molecule has 3 heteroatoms. The van der Waals surface area contributed by atoms with Crippen LogP contribution in [0.15, 0.2) is 0 Å². The molecule has 0 aromatic carbocycles. The van der Waals surface area contributed by atoms with E-state index in [1.807, 2.05) is 0 Å². The topological polar surface area (TPSA) is 0 Å². The Morgan fingerprint density at radius 3 is 0.800 bits per heavy atom. The van der Waals surface area contributed by atoms with Crippen LogP contribution in [0.25, 0.3) is 0 Å². The van der Waals surface area contributed by atoms with Gasteiger partial charge in [0.25, 0.3) is 0 Å². The van der Waals surface area contributed by atoms with Crippen LogP contribution in [0.5, 0.6) is 0 Å². The number of hydrogen-bond acceptors (Lipinski definition) is 0. The van der Waals surface area contributed by atoms with Crippen molar-refractivity contribution in [3.05, 3.63) is 0 Å². The number of rotatable bonds is 0. The summed E-state index contributed by atoms with van der Waals surface area (Å²) in [5, 5.41) is 0. The van der Waals surface area contributed by atoms with Crippen LogP contribution in [0.1, 0.15) is 14.9 Å². The lowest BCUT2D eigenvalue weighted by atomic mass is 12.0. The molecule has 0 heterocycles. The minimum absolute atomic E-state index is 0. The first kappa shape index (κ1) is 33.6. The molecule has 0 radical (unpaired) electrons. The average molecular weight is 132 g/mol. The van der Waals surface area contributed by atoms with Crippen molar-refractivity contribution in [1.82, 2.24) is 0 Å². The van der Waals surface area contributed by atoms with Gasteiger partial charge in [0.15, 0.2) is 0 Å². The van der Waals surface area contributed by atoms with Gasteiger partial charge in [-0.1, -0.05) is 14.9 Å². The SMILES string of the molecule is C.C.P.PP. The molecule has 0 aliphatic heterocycles. The predicted octanol–water partition coefficient (Wildman–Crippen LogP) is 1.98. The normalized spacial score (nSPS) is 1.20. The van der Waals surface area contributed by atoms with Gasteiger partial charge < -0.3 is 0 Å². The first-order valence-electron chi connectivity index (χ1n) is 0.333. The summed E-state index contributed by atoms with van der Waals surface area (Å²) in [5.74, 6) is 0. The van der Waals surface area contributed by atoms with Crippen molar-refractivity contribution >= 4 is 27.8 Å². The van der Waals surface area contributed by atoms with Gasteiger partial charge >= 0.3 is 0 Å². The van der Waals surface area contributed by atoms with E-state index >= 15 is 0 Å². The van der Waals surface area contributed by atoms with E-state index in [4.69, 9.17) is 0 Å². The molecule has 0 saturated heterocycles. The molecular formula is C2H15P3. The smallest absolute Gasteiger partial charge is 0.0776 e. The molecule has 0 spiro atoms. The van der Waals surface area contributed by atoms with Gasteiger partial charge in [0.2, 0.25) is 0 Å². The van der Waals surface area contributed by atoms with Crippen LogP contribution < -0.4 is 0 Å². The fourth-order valence-corrected chi connectivity index (χ4v) is 0. The van der Waals surface area contributed by atoms with E-state index in [2.05, 4.69) is 17.9 Å². The molecule has 38 valence electrons. The zero-order valence-electron chi connectivity index (χ0n) is 1.86. The van der Waals surface area contributed by atoms with Crippen molar-refractivity contribution in [2.24, 2.45) is 0 Å². The summed E-state index contributed by atoms with van der Waals surface area (Å²) in [4.78, 5) is 0. The van der Waals surface area contributed by atoms with Crippen molar-refractivity contribution in [2.75, 3.05) is 0 Å². The molecule has 0 amide bonds. The minimum Gasteiger partial charge on any atom is -0.153 e. The van der Waals surface area contributed by atoms with Crippen molar-refractivity contribution in [3.63, 3.8) is 0 Å². The molecule has 0 aromatic heterocycles. The average Bonchev–Trinajstić information content (AvgIpc) is 1.00. The zero-order valence-corrected chi connectivity index (χ0v) is 5.59. The second-order valence-corrected chi connectivity index (χ2v) is 0. The van der Waals surface area contributed by atoms with Gasteiger partial charge in [0, 0.05) is 0 Å². The molecule has 0 aliphatic carbocycles. The summed E-state index contributed by atoms with van der Waals surface area (Å²) in [6.07, 6.45) is 0. The zero-order chi connectivity index (χ0) is 2.00. The Kier molecular flexibility index (Phi) is 393. The van der Waals surface area contributed by atoms with Crippen LogP contribution in [-0.4, -0.2) is 0 Å². The van der Waals surface area contributed by atoms with Crippen molar-refractivity contribution in [3.8, 4) is 0 Å². The lowest BCUT2D eigenvalue weighted by Gasteiger charge is -1.12. The van der Waals surface area contributed by atoms with E-state index in [9.17, 15) is 0 Å². The summed E-state index contributed by atoms with van der Waals surface area (Å²) in [5.41, 5.74) is 0. The molecule has 0 N–H and O–H groups in total. The van der Waals surface area contributed by atoms with Crippen LogP contribution in [0.4, 0.5) is 0 Å². The van der Waals surface area contributed by atoms with Crippen LogP contribution in [0, 0.1) is 0 Å². The fourth-order valence-electron chi connectivity index (χ4n) is 0. The van der Waals surface area contributed by atoms with Crippen LogP contribution in [0.3, 0.4) is 0 Å².